The van der Waals surface area contributed by atoms with Crippen LogP contribution in [-0.2, 0) is 16.1 Å². The highest BCUT2D eigenvalue weighted by atomic mass is 16.2. The summed E-state index contributed by atoms with van der Waals surface area (Å²) in [6, 6.07) is 19.3. The number of anilines is 1. The third-order valence-electron chi connectivity index (χ3n) is 4.01. The minimum absolute atomic E-state index is 0.104. The van der Waals surface area contributed by atoms with Crippen LogP contribution in [-0.4, -0.2) is 28.6 Å². The molecule has 0 bridgehead atoms. The number of amides is 2. The van der Waals surface area contributed by atoms with E-state index in [1.165, 1.54) is 10.9 Å². The molecule has 1 aromatic heterocycles. The van der Waals surface area contributed by atoms with E-state index in [-0.39, 0.29) is 18.4 Å². The lowest BCUT2D eigenvalue weighted by atomic mass is 9.90. The summed E-state index contributed by atoms with van der Waals surface area (Å²) in [6.07, 6.45) is 3.17. The van der Waals surface area contributed by atoms with Gasteiger partial charge in [-0.15, -0.1) is 0 Å². The normalized spacial score (nSPS) is 10.5. The molecule has 0 saturated heterocycles. The lowest BCUT2D eigenvalue weighted by Gasteiger charge is -2.17. The SMILES string of the molecule is CNC(=O)Cn1cc(NC(=O)C(c2ccccc2)c2ccccc2)cn1. The van der Waals surface area contributed by atoms with Crippen LogP contribution in [0.3, 0.4) is 0 Å². The number of carbonyl (C=O) groups is 2. The maximum atomic E-state index is 13.0. The van der Waals surface area contributed by atoms with Crippen LogP contribution in [0.25, 0.3) is 0 Å². The Balaban J connectivity index is 1.82. The largest absolute Gasteiger partial charge is 0.358 e. The first-order valence-corrected chi connectivity index (χ1v) is 8.31. The first kappa shape index (κ1) is 17.4. The van der Waals surface area contributed by atoms with Gasteiger partial charge in [0.15, 0.2) is 0 Å². The number of benzene rings is 2. The van der Waals surface area contributed by atoms with Crippen LogP contribution in [0.1, 0.15) is 17.0 Å². The van der Waals surface area contributed by atoms with Crippen molar-refractivity contribution in [3.8, 4) is 0 Å². The van der Waals surface area contributed by atoms with Crippen molar-refractivity contribution in [2.45, 2.75) is 12.5 Å². The Morgan fingerprint density at radius 1 is 1.00 bits per heavy atom. The average molecular weight is 348 g/mol. The maximum absolute atomic E-state index is 13.0. The number of rotatable bonds is 6. The number of hydrogen-bond acceptors (Lipinski definition) is 3. The molecule has 6 heteroatoms. The van der Waals surface area contributed by atoms with Crippen LogP contribution < -0.4 is 10.6 Å². The number of likely N-dealkylation sites (N-methyl/N-ethyl adjacent to an activating group) is 1. The zero-order chi connectivity index (χ0) is 18.4. The van der Waals surface area contributed by atoms with E-state index in [0.717, 1.165) is 11.1 Å². The number of carbonyl (C=O) groups excluding carboxylic acids is 2. The second-order valence-electron chi connectivity index (χ2n) is 5.84. The predicted molar refractivity (Wildman–Crippen MR) is 99.7 cm³/mol. The average Bonchev–Trinajstić information content (AvgIpc) is 3.10. The summed E-state index contributed by atoms with van der Waals surface area (Å²) in [4.78, 5) is 24.4. The van der Waals surface area contributed by atoms with E-state index in [4.69, 9.17) is 0 Å². The summed E-state index contributed by atoms with van der Waals surface area (Å²) in [5.74, 6) is -0.737. The first-order valence-electron chi connectivity index (χ1n) is 8.31. The second-order valence-corrected chi connectivity index (χ2v) is 5.84. The molecule has 2 aromatic carbocycles. The third kappa shape index (κ3) is 4.16. The molecule has 2 N–H and O–H groups in total. The molecule has 0 aliphatic heterocycles. The van der Waals surface area contributed by atoms with Gasteiger partial charge in [0.1, 0.15) is 6.54 Å². The first-order chi connectivity index (χ1) is 12.7. The molecular formula is C20H20N4O2. The molecule has 6 nitrogen and oxygen atoms in total. The number of aromatic nitrogens is 2. The quantitative estimate of drug-likeness (QED) is 0.718. The van der Waals surface area contributed by atoms with Gasteiger partial charge in [0.25, 0.3) is 0 Å². The van der Waals surface area contributed by atoms with Crippen molar-refractivity contribution < 1.29 is 9.59 Å². The summed E-state index contributed by atoms with van der Waals surface area (Å²) in [5.41, 5.74) is 2.37. The molecule has 0 aliphatic carbocycles. The Hall–Kier alpha value is -3.41. The highest BCUT2D eigenvalue weighted by molar-refractivity contribution is 5.98. The fourth-order valence-corrected chi connectivity index (χ4v) is 2.74. The Morgan fingerprint density at radius 2 is 1.58 bits per heavy atom. The molecule has 0 radical (unpaired) electrons. The molecule has 3 rings (SSSR count). The predicted octanol–water partition coefficient (Wildman–Crippen LogP) is 2.40. The van der Waals surface area contributed by atoms with E-state index >= 15 is 0 Å². The van der Waals surface area contributed by atoms with Gasteiger partial charge in [-0.05, 0) is 11.1 Å². The van der Waals surface area contributed by atoms with Gasteiger partial charge in [-0.2, -0.15) is 5.10 Å². The van der Waals surface area contributed by atoms with Crippen LogP contribution in [0.2, 0.25) is 0 Å². The van der Waals surface area contributed by atoms with Crippen LogP contribution in [0.5, 0.6) is 0 Å². The van der Waals surface area contributed by atoms with E-state index < -0.39 is 5.92 Å². The fraction of sp³-hybridized carbons (Fsp3) is 0.150. The molecule has 0 fully saturated rings. The molecule has 2 amide bonds. The molecule has 0 unspecified atom stereocenters. The van der Waals surface area contributed by atoms with Crippen molar-refractivity contribution in [1.82, 2.24) is 15.1 Å². The summed E-state index contributed by atoms with van der Waals surface area (Å²) < 4.78 is 1.48. The monoisotopic (exact) mass is 348 g/mol. The molecule has 132 valence electrons. The molecular weight excluding hydrogens is 328 g/mol. The molecule has 0 aliphatic rings. The van der Waals surface area contributed by atoms with Crippen molar-refractivity contribution in [3.05, 3.63) is 84.2 Å². The Kier molecular flexibility index (Phi) is 5.43. The number of nitrogens with zero attached hydrogens (tertiary/aromatic N) is 2. The van der Waals surface area contributed by atoms with Crippen LogP contribution in [0.4, 0.5) is 5.69 Å². The highest BCUT2D eigenvalue weighted by Gasteiger charge is 2.23. The van der Waals surface area contributed by atoms with Crippen LogP contribution in [0, 0.1) is 0 Å². The van der Waals surface area contributed by atoms with E-state index in [1.807, 2.05) is 60.7 Å². The van der Waals surface area contributed by atoms with Gasteiger partial charge in [-0.3, -0.25) is 14.3 Å². The van der Waals surface area contributed by atoms with E-state index in [1.54, 1.807) is 13.2 Å². The van der Waals surface area contributed by atoms with Gasteiger partial charge < -0.3 is 10.6 Å². The standard InChI is InChI=1S/C20H20N4O2/c1-21-18(25)14-24-13-17(12-22-24)23-20(26)19(15-8-4-2-5-9-15)16-10-6-3-7-11-16/h2-13,19H,14H2,1H3,(H,21,25)(H,23,26). The Bertz CT molecular complexity index is 836. The van der Waals surface area contributed by atoms with Crippen molar-refractivity contribution in [2.24, 2.45) is 0 Å². The topological polar surface area (TPSA) is 76.0 Å². The molecule has 26 heavy (non-hydrogen) atoms. The van der Waals surface area contributed by atoms with Crippen molar-refractivity contribution in [1.29, 1.82) is 0 Å². The van der Waals surface area contributed by atoms with Gasteiger partial charge >= 0.3 is 0 Å². The zero-order valence-electron chi connectivity index (χ0n) is 14.4. The highest BCUT2D eigenvalue weighted by Crippen LogP contribution is 2.26. The lowest BCUT2D eigenvalue weighted by molar-refractivity contribution is -0.121. The van der Waals surface area contributed by atoms with Crippen LogP contribution in [0.15, 0.2) is 73.1 Å². The second kappa shape index (κ2) is 8.11. The van der Waals surface area contributed by atoms with Crippen molar-refractivity contribution in [2.75, 3.05) is 12.4 Å². The Labute approximate surface area is 151 Å². The molecule has 1 heterocycles. The maximum Gasteiger partial charge on any atom is 0.241 e. The van der Waals surface area contributed by atoms with Crippen LogP contribution >= 0.6 is 0 Å². The van der Waals surface area contributed by atoms with E-state index in [2.05, 4.69) is 15.7 Å². The summed E-state index contributed by atoms with van der Waals surface area (Å²) >= 11 is 0. The van der Waals surface area contributed by atoms with E-state index in [0.29, 0.717) is 5.69 Å². The van der Waals surface area contributed by atoms with E-state index in [9.17, 15) is 9.59 Å². The molecule has 0 saturated carbocycles. The lowest BCUT2D eigenvalue weighted by Crippen LogP contribution is -2.23. The number of nitrogens with one attached hydrogen (secondary N) is 2. The van der Waals surface area contributed by atoms with Crippen molar-refractivity contribution in [3.63, 3.8) is 0 Å². The van der Waals surface area contributed by atoms with Gasteiger partial charge in [0.05, 0.1) is 17.8 Å². The summed E-state index contributed by atoms with van der Waals surface area (Å²) in [6.45, 7) is 0.104. The third-order valence-corrected chi connectivity index (χ3v) is 4.01. The Morgan fingerprint density at radius 3 is 2.12 bits per heavy atom. The molecule has 0 atom stereocenters. The van der Waals surface area contributed by atoms with Gasteiger partial charge in [0, 0.05) is 13.2 Å². The minimum atomic E-state index is -0.431. The molecule has 0 spiro atoms. The molecule has 3 aromatic rings. The van der Waals surface area contributed by atoms with Gasteiger partial charge in [-0.1, -0.05) is 60.7 Å². The van der Waals surface area contributed by atoms with Crippen molar-refractivity contribution >= 4 is 17.5 Å². The minimum Gasteiger partial charge on any atom is -0.358 e. The number of hydrogen-bond donors (Lipinski definition) is 2. The van der Waals surface area contributed by atoms with Gasteiger partial charge in [0.2, 0.25) is 11.8 Å². The smallest absolute Gasteiger partial charge is 0.241 e. The zero-order valence-corrected chi connectivity index (χ0v) is 14.4. The fourth-order valence-electron chi connectivity index (χ4n) is 2.74. The summed E-state index contributed by atoms with van der Waals surface area (Å²) in [7, 11) is 1.57. The van der Waals surface area contributed by atoms with Gasteiger partial charge in [-0.25, -0.2) is 0 Å². The summed E-state index contributed by atoms with van der Waals surface area (Å²) in [5, 5.41) is 9.54.